The van der Waals surface area contributed by atoms with Crippen LogP contribution in [-0.4, -0.2) is 44.4 Å². The van der Waals surface area contributed by atoms with Gasteiger partial charge in [0.25, 0.3) is 0 Å². The first-order valence-electron chi connectivity index (χ1n) is 8.01. The van der Waals surface area contributed by atoms with Crippen molar-refractivity contribution in [1.29, 1.82) is 0 Å². The van der Waals surface area contributed by atoms with Crippen molar-refractivity contribution in [2.75, 3.05) is 19.6 Å². The predicted octanol–water partition coefficient (Wildman–Crippen LogP) is 2.02. The van der Waals surface area contributed by atoms with Crippen molar-refractivity contribution in [3.63, 3.8) is 0 Å². The summed E-state index contributed by atoms with van der Waals surface area (Å²) in [6, 6.07) is 8.86. The minimum atomic E-state index is -3.37. The Kier molecular flexibility index (Phi) is 8.44. The summed E-state index contributed by atoms with van der Waals surface area (Å²) in [6.07, 6.45) is 1.62. The van der Waals surface area contributed by atoms with Gasteiger partial charge in [0.15, 0.2) is 5.96 Å². The molecule has 0 radical (unpaired) electrons. The molecule has 1 aliphatic heterocycles. The molecule has 0 atom stereocenters. The molecule has 0 aromatic heterocycles. The second-order valence-electron chi connectivity index (χ2n) is 6.19. The molecule has 1 aromatic rings. The van der Waals surface area contributed by atoms with Gasteiger partial charge in [-0.05, 0) is 44.7 Å². The van der Waals surface area contributed by atoms with E-state index in [1.807, 2.05) is 19.9 Å². The topological polar surface area (TPSA) is 87.8 Å². The molecule has 0 unspecified atom stereocenters. The van der Waals surface area contributed by atoms with E-state index in [-0.39, 0.29) is 30.0 Å². The fourth-order valence-corrected chi connectivity index (χ4v) is 4.13. The summed E-state index contributed by atoms with van der Waals surface area (Å²) >= 11 is 0. The number of guanidine groups is 1. The van der Waals surface area contributed by atoms with Gasteiger partial charge < -0.3 is 11.1 Å². The van der Waals surface area contributed by atoms with Crippen LogP contribution in [0.3, 0.4) is 0 Å². The van der Waals surface area contributed by atoms with E-state index in [1.165, 1.54) is 0 Å². The number of hydrogen-bond donors (Lipinski definition) is 2. The van der Waals surface area contributed by atoms with Crippen LogP contribution in [-0.2, 0) is 10.0 Å². The summed E-state index contributed by atoms with van der Waals surface area (Å²) < 4.78 is 26.7. The van der Waals surface area contributed by atoms with Crippen molar-refractivity contribution in [3.05, 3.63) is 30.3 Å². The van der Waals surface area contributed by atoms with Crippen LogP contribution in [0, 0.1) is 5.92 Å². The highest BCUT2D eigenvalue weighted by Crippen LogP contribution is 2.23. The summed E-state index contributed by atoms with van der Waals surface area (Å²) in [4.78, 5) is 4.71. The largest absolute Gasteiger partial charge is 0.370 e. The monoisotopic (exact) mass is 466 g/mol. The molecular formula is C16H27IN4O2S. The van der Waals surface area contributed by atoms with Gasteiger partial charge in [0.1, 0.15) is 0 Å². The summed E-state index contributed by atoms with van der Waals surface area (Å²) in [5.41, 5.74) is 5.80. The minimum absolute atomic E-state index is 0. The second-order valence-corrected chi connectivity index (χ2v) is 8.12. The van der Waals surface area contributed by atoms with Crippen molar-refractivity contribution in [3.8, 4) is 0 Å². The van der Waals surface area contributed by atoms with Gasteiger partial charge >= 0.3 is 0 Å². The van der Waals surface area contributed by atoms with Gasteiger partial charge in [-0.15, -0.1) is 24.0 Å². The molecule has 1 aromatic carbocycles. The van der Waals surface area contributed by atoms with Gasteiger partial charge in [-0.3, -0.25) is 4.99 Å². The highest BCUT2D eigenvalue weighted by molar-refractivity contribution is 14.0. The Morgan fingerprint density at radius 1 is 1.29 bits per heavy atom. The molecule has 8 heteroatoms. The van der Waals surface area contributed by atoms with Crippen molar-refractivity contribution in [2.45, 2.75) is 37.6 Å². The molecule has 1 aliphatic rings. The number of aliphatic imine (C=N–C) groups is 1. The molecule has 1 fully saturated rings. The Morgan fingerprint density at radius 3 is 2.42 bits per heavy atom. The van der Waals surface area contributed by atoms with Crippen molar-refractivity contribution >= 4 is 40.0 Å². The summed E-state index contributed by atoms with van der Waals surface area (Å²) in [5.74, 6) is 0.837. The predicted molar refractivity (Wildman–Crippen MR) is 108 cm³/mol. The summed E-state index contributed by atoms with van der Waals surface area (Å²) in [6.45, 7) is 5.74. The zero-order valence-electron chi connectivity index (χ0n) is 14.2. The number of nitrogens with zero attached hydrogens (tertiary/aromatic N) is 2. The maximum absolute atomic E-state index is 12.5. The van der Waals surface area contributed by atoms with Gasteiger partial charge in [0, 0.05) is 25.7 Å². The zero-order chi connectivity index (χ0) is 16.9. The van der Waals surface area contributed by atoms with Crippen molar-refractivity contribution in [2.24, 2.45) is 16.6 Å². The highest BCUT2D eigenvalue weighted by atomic mass is 127. The summed E-state index contributed by atoms with van der Waals surface area (Å²) in [5, 5.41) is 3.06. The standard InChI is InChI=1S/C16H26N4O2S.HI/c1-13(2)19-16(17)18-12-14-8-10-20(11-9-14)23(21,22)15-6-4-3-5-7-15;/h3-7,13-14H,8-12H2,1-2H3,(H3,17,18,19);1H. The van der Waals surface area contributed by atoms with E-state index in [1.54, 1.807) is 28.6 Å². The SMILES string of the molecule is CC(C)NC(N)=NCC1CCN(S(=O)(=O)c2ccccc2)CC1.I. The number of rotatable bonds is 5. The van der Waals surface area contributed by atoms with E-state index in [0.717, 1.165) is 12.8 Å². The lowest BCUT2D eigenvalue weighted by molar-refractivity contribution is 0.278. The Hall–Kier alpha value is -0.870. The molecule has 0 saturated carbocycles. The van der Waals surface area contributed by atoms with Crippen LogP contribution in [0.4, 0.5) is 0 Å². The number of halogens is 1. The van der Waals surface area contributed by atoms with Crippen LogP contribution in [0.25, 0.3) is 0 Å². The van der Waals surface area contributed by atoms with Crippen molar-refractivity contribution < 1.29 is 8.42 Å². The maximum Gasteiger partial charge on any atom is 0.243 e. The van der Waals surface area contributed by atoms with E-state index >= 15 is 0 Å². The molecule has 0 amide bonds. The van der Waals surface area contributed by atoms with E-state index < -0.39 is 10.0 Å². The molecule has 24 heavy (non-hydrogen) atoms. The van der Waals surface area contributed by atoms with E-state index in [9.17, 15) is 8.42 Å². The lowest BCUT2D eigenvalue weighted by atomic mass is 9.98. The highest BCUT2D eigenvalue weighted by Gasteiger charge is 2.29. The van der Waals surface area contributed by atoms with E-state index in [2.05, 4.69) is 10.3 Å². The third-order valence-electron chi connectivity index (χ3n) is 3.91. The van der Waals surface area contributed by atoms with Crippen LogP contribution in [0.1, 0.15) is 26.7 Å². The molecular weight excluding hydrogens is 439 g/mol. The Balaban J connectivity index is 0.00000288. The third kappa shape index (κ3) is 5.89. The molecule has 6 nitrogen and oxygen atoms in total. The fourth-order valence-electron chi connectivity index (χ4n) is 2.64. The van der Waals surface area contributed by atoms with Gasteiger partial charge in [0.2, 0.25) is 10.0 Å². The van der Waals surface area contributed by atoms with E-state index in [0.29, 0.717) is 36.4 Å². The number of nitrogens with one attached hydrogen (secondary N) is 1. The third-order valence-corrected chi connectivity index (χ3v) is 5.82. The number of piperidine rings is 1. The average Bonchev–Trinajstić information content (AvgIpc) is 2.53. The maximum atomic E-state index is 12.5. The van der Waals surface area contributed by atoms with E-state index in [4.69, 9.17) is 5.73 Å². The molecule has 1 heterocycles. The molecule has 3 N–H and O–H groups in total. The smallest absolute Gasteiger partial charge is 0.243 e. The quantitative estimate of drug-likeness (QED) is 0.395. The molecule has 0 aliphatic carbocycles. The van der Waals surface area contributed by atoms with Gasteiger partial charge in [-0.2, -0.15) is 4.31 Å². The lowest BCUT2D eigenvalue weighted by Gasteiger charge is -2.30. The van der Waals surface area contributed by atoms with Crippen LogP contribution in [0.2, 0.25) is 0 Å². The molecule has 1 saturated heterocycles. The molecule has 136 valence electrons. The number of sulfonamides is 1. The lowest BCUT2D eigenvalue weighted by Crippen LogP contribution is -2.40. The first-order chi connectivity index (χ1) is 10.9. The number of benzene rings is 1. The minimum Gasteiger partial charge on any atom is -0.370 e. The average molecular weight is 466 g/mol. The number of hydrogen-bond acceptors (Lipinski definition) is 3. The zero-order valence-corrected chi connectivity index (χ0v) is 17.3. The second kappa shape index (κ2) is 9.57. The first kappa shape index (κ1) is 21.2. The van der Waals surface area contributed by atoms with Gasteiger partial charge in [0.05, 0.1) is 4.90 Å². The Morgan fingerprint density at radius 2 is 1.88 bits per heavy atom. The van der Waals surface area contributed by atoms with Crippen LogP contribution in [0.15, 0.2) is 40.2 Å². The van der Waals surface area contributed by atoms with Crippen LogP contribution >= 0.6 is 24.0 Å². The molecule has 0 bridgehead atoms. The molecule has 2 rings (SSSR count). The van der Waals surface area contributed by atoms with Crippen LogP contribution < -0.4 is 11.1 Å². The Labute approximate surface area is 162 Å². The van der Waals surface area contributed by atoms with Crippen LogP contribution in [0.5, 0.6) is 0 Å². The summed E-state index contributed by atoms with van der Waals surface area (Å²) in [7, 11) is -3.37. The first-order valence-corrected chi connectivity index (χ1v) is 9.45. The molecule has 0 spiro atoms. The normalized spacial score (nSPS) is 17.5. The van der Waals surface area contributed by atoms with Gasteiger partial charge in [-0.25, -0.2) is 8.42 Å². The fraction of sp³-hybridized carbons (Fsp3) is 0.562. The van der Waals surface area contributed by atoms with Crippen molar-refractivity contribution in [1.82, 2.24) is 9.62 Å². The number of nitrogens with two attached hydrogens (primary N) is 1. The Bertz CT molecular complexity index is 627. The van der Waals surface area contributed by atoms with Gasteiger partial charge in [-0.1, -0.05) is 18.2 Å².